The second kappa shape index (κ2) is 6.50. The maximum absolute atomic E-state index is 12.1. The van der Waals surface area contributed by atoms with Crippen LogP contribution in [0.15, 0.2) is 24.3 Å². The van der Waals surface area contributed by atoms with Crippen LogP contribution in [0.2, 0.25) is 5.02 Å². The summed E-state index contributed by atoms with van der Waals surface area (Å²) in [6, 6.07) is 6.41. The van der Waals surface area contributed by atoms with Gasteiger partial charge in [0.15, 0.2) is 14.9 Å². The maximum Gasteiger partial charge on any atom is 0.325 e. The molecule has 1 aromatic rings. The first-order valence-corrected chi connectivity index (χ1v) is 10.1. The van der Waals surface area contributed by atoms with Crippen LogP contribution in [0.25, 0.3) is 0 Å². The second-order valence-electron chi connectivity index (χ2n) is 5.78. The number of carbonyl (C=O) groups is 1. The van der Waals surface area contributed by atoms with Crippen LogP contribution < -0.4 is 4.90 Å². The standard InChI is InChI=1S/C15H17ClN2O4S2/c1-2-22-14(19)7-17-12-8-24(20,21)9-13(12)18(15(17)23)11-5-3-4-10(16)6-11/h3-6,12-13H,2,7-9H2,1H3/t12-,13+/m0/s1. The van der Waals surface area contributed by atoms with E-state index >= 15 is 0 Å². The normalized spacial score (nSPS) is 25.0. The van der Waals surface area contributed by atoms with Crippen LogP contribution in [-0.2, 0) is 19.4 Å². The molecule has 1 aromatic carbocycles. The molecule has 0 aromatic heterocycles. The zero-order valence-electron chi connectivity index (χ0n) is 13.0. The topological polar surface area (TPSA) is 66.9 Å². The number of hydrogen-bond donors (Lipinski definition) is 0. The minimum atomic E-state index is -3.19. The monoisotopic (exact) mass is 388 g/mol. The molecular weight excluding hydrogens is 372 g/mol. The lowest BCUT2D eigenvalue weighted by molar-refractivity contribution is -0.143. The number of hydrogen-bond acceptors (Lipinski definition) is 5. The van der Waals surface area contributed by atoms with Crippen molar-refractivity contribution in [2.75, 3.05) is 29.6 Å². The number of nitrogens with zero attached hydrogens (tertiary/aromatic N) is 2. The molecule has 0 spiro atoms. The molecule has 2 fully saturated rings. The summed E-state index contributed by atoms with van der Waals surface area (Å²) in [7, 11) is -3.19. The molecule has 0 saturated carbocycles. The van der Waals surface area contributed by atoms with Crippen molar-refractivity contribution in [1.82, 2.24) is 4.90 Å². The summed E-state index contributed by atoms with van der Waals surface area (Å²) in [5, 5.41) is 0.965. The predicted molar refractivity (Wildman–Crippen MR) is 96.1 cm³/mol. The molecule has 2 aliphatic heterocycles. The number of rotatable bonds is 4. The molecule has 2 atom stereocenters. The van der Waals surface area contributed by atoms with Gasteiger partial charge in [-0.1, -0.05) is 17.7 Å². The third-order valence-electron chi connectivity index (χ3n) is 4.17. The molecule has 2 heterocycles. The Bertz CT molecular complexity index is 783. The molecule has 130 valence electrons. The Kier molecular flexibility index (Phi) is 4.72. The molecule has 9 heteroatoms. The van der Waals surface area contributed by atoms with Crippen molar-refractivity contribution in [2.45, 2.75) is 19.0 Å². The number of sulfone groups is 1. The van der Waals surface area contributed by atoms with Crippen molar-refractivity contribution in [3.8, 4) is 0 Å². The average molecular weight is 389 g/mol. The zero-order valence-corrected chi connectivity index (χ0v) is 15.4. The van der Waals surface area contributed by atoms with Crippen LogP contribution in [0.4, 0.5) is 5.69 Å². The van der Waals surface area contributed by atoms with Crippen LogP contribution in [0.3, 0.4) is 0 Å². The molecule has 3 rings (SSSR count). The fraction of sp³-hybridized carbons (Fsp3) is 0.467. The number of anilines is 1. The Balaban J connectivity index is 1.95. The lowest BCUT2D eigenvalue weighted by atomic mass is 10.1. The van der Waals surface area contributed by atoms with Crippen molar-refractivity contribution in [3.63, 3.8) is 0 Å². The summed E-state index contributed by atoms with van der Waals surface area (Å²) in [5.41, 5.74) is 0.728. The zero-order chi connectivity index (χ0) is 17.5. The molecule has 24 heavy (non-hydrogen) atoms. The Morgan fingerprint density at radius 3 is 2.75 bits per heavy atom. The number of halogens is 1. The summed E-state index contributed by atoms with van der Waals surface area (Å²) in [4.78, 5) is 15.3. The van der Waals surface area contributed by atoms with E-state index in [9.17, 15) is 13.2 Å². The van der Waals surface area contributed by atoms with Crippen molar-refractivity contribution >= 4 is 50.4 Å². The van der Waals surface area contributed by atoms with Crippen LogP contribution in [0, 0.1) is 0 Å². The van der Waals surface area contributed by atoms with E-state index in [4.69, 9.17) is 28.6 Å². The molecular formula is C15H17ClN2O4S2. The van der Waals surface area contributed by atoms with E-state index in [0.717, 1.165) is 5.69 Å². The summed E-state index contributed by atoms with van der Waals surface area (Å²) in [6.45, 7) is 1.94. The molecule has 0 bridgehead atoms. The van der Waals surface area contributed by atoms with Gasteiger partial charge in [-0.3, -0.25) is 4.79 Å². The van der Waals surface area contributed by atoms with E-state index in [0.29, 0.717) is 10.1 Å². The van der Waals surface area contributed by atoms with Crippen LogP contribution in [0.5, 0.6) is 0 Å². The first kappa shape index (κ1) is 17.4. The van der Waals surface area contributed by atoms with Crippen LogP contribution in [0.1, 0.15) is 6.92 Å². The van der Waals surface area contributed by atoms with Crippen LogP contribution >= 0.6 is 23.8 Å². The van der Waals surface area contributed by atoms with Crippen molar-refractivity contribution in [1.29, 1.82) is 0 Å². The second-order valence-corrected chi connectivity index (χ2v) is 8.73. The predicted octanol–water partition coefficient (Wildman–Crippen LogP) is 1.48. The van der Waals surface area contributed by atoms with Crippen molar-refractivity contribution in [3.05, 3.63) is 29.3 Å². The fourth-order valence-corrected chi connectivity index (χ4v) is 5.81. The van der Waals surface area contributed by atoms with Gasteiger partial charge >= 0.3 is 5.97 Å². The Labute approximate surface area is 151 Å². The molecule has 0 amide bonds. The highest BCUT2D eigenvalue weighted by Crippen LogP contribution is 2.35. The Morgan fingerprint density at radius 2 is 2.08 bits per heavy atom. The van der Waals surface area contributed by atoms with Crippen molar-refractivity contribution < 1.29 is 17.9 Å². The molecule has 0 unspecified atom stereocenters. The quantitative estimate of drug-likeness (QED) is 0.571. The van der Waals surface area contributed by atoms with Gasteiger partial charge in [-0.05, 0) is 37.3 Å². The Hall–Kier alpha value is -1.38. The van der Waals surface area contributed by atoms with Gasteiger partial charge in [-0.15, -0.1) is 0 Å². The average Bonchev–Trinajstić information content (AvgIpc) is 2.91. The number of carbonyl (C=O) groups excluding carboxylic acids is 1. The lowest BCUT2D eigenvalue weighted by Gasteiger charge is -2.25. The maximum atomic E-state index is 12.1. The summed E-state index contributed by atoms with van der Waals surface area (Å²) in [6.07, 6.45) is 0. The first-order valence-electron chi connectivity index (χ1n) is 7.54. The third kappa shape index (κ3) is 3.22. The minimum Gasteiger partial charge on any atom is -0.465 e. The van der Waals surface area contributed by atoms with Gasteiger partial charge in [0.1, 0.15) is 6.54 Å². The highest BCUT2D eigenvalue weighted by Gasteiger charge is 2.52. The van der Waals surface area contributed by atoms with Crippen molar-refractivity contribution in [2.24, 2.45) is 0 Å². The molecule has 0 N–H and O–H groups in total. The molecule has 0 radical (unpaired) electrons. The van der Waals surface area contributed by atoms with E-state index in [1.165, 1.54) is 0 Å². The SMILES string of the molecule is CCOC(=O)CN1C(=S)N(c2cccc(Cl)c2)[C@@H]2CS(=O)(=O)C[C@@H]21. The fourth-order valence-electron chi connectivity index (χ4n) is 3.24. The van der Waals surface area contributed by atoms with Gasteiger partial charge in [-0.2, -0.15) is 0 Å². The van der Waals surface area contributed by atoms with Gasteiger partial charge in [0.2, 0.25) is 0 Å². The first-order chi connectivity index (χ1) is 11.3. The van der Waals surface area contributed by atoms with E-state index in [-0.39, 0.29) is 36.7 Å². The van der Waals surface area contributed by atoms with E-state index in [2.05, 4.69) is 0 Å². The number of ether oxygens (including phenoxy) is 1. The molecule has 2 saturated heterocycles. The summed E-state index contributed by atoms with van der Waals surface area (Å²) in [5.74, 6) is -0.436. The lowest BCUT2D eigenvalue weighted by Crippen LogP contribution is -2.41. The number of thiocarbonyl (C=S) groups is 1. The Morgan fingerprint density at radius 1 is 1.38 bits per heavy atom. The molecule has 2 aliphatic rings. The molecule has 6 nitrogen and oxygen atoms in total. The summed E-state index contributed by atoms with van der Waals surface area (Å²) < 4.78 is 29.2. The van der Waals surface area contributed by atoms with E-state index in [1.807, 2.05) is 6.07 Å². The van der Waals surface area contributed by atoms with Gasteiger partial charge in [0.05, 0.1) is 30.2 Å². The molecule has 0 aliphatic carbocycles. The van der Waals surface area contributed by atoms with Gasteiger partial charge in [0, 0.05) is 10.7 Å². The number of esters is 1. The van der Waals surface area contributed by atoms with E-state index in [1.54, 1.807) is 34.9 Å². The largest absolute Gasteiger partial charge is 0.465 e. The third-order valence-corrected chi connectivity index (χ3v) is 6.53. The van der Waals surface area contributed by atoms with Gasteiger partial charge in [0.25, 0.3) is 0 Å². The van der Waals surface area contributed by atoms with Crippen LogP contribution in [-0.4, -0.2) is 61.1 Å². The van der Waals surface area contributed by atoms with Gasteiger partial charge in [-0.25, -0.2) is 8.42 Å². The summed E-state index contributed by atoms with van der Waals surface area (Å²) >= 11 is 11.6. The highest BCUT2D eigenvalue weighted by atomic mass is 35.5. The minimum absolute atomic E-state index is 0.00362. The van der Waals surface area contributed by atoms with E-state index < -0.39 is 15.8 Å². The smallest absolute Gasteiger partial charge is 0.325 e. The van der Waals surface area contributed by atoms with Gasteiger partial charge < -0.3 is 14.5 Å². The number of benzene rings is 1. The number of fused-ring (bicyclic) bond motifs is 1. The highest BCUT2D eigenvalue weighted by molar-refractivity contribution is 7.91.